The summed E-state index contributed by atoms with van der Waals surface area (Å²) in [6.45, 7) is 0.865. The van der Waals surface area contributed by atoms with Crippen LogP contribution >= 0.6 is 11.6 Å². The predicted molar refractivity (Wildman–Crippen MR) is 100 cm³/mol. The molecule has 5 nitrogen and oxygen atoms in total. The van der Waals surface area contributed by atoms with Gasteiger partial charge in [0.25, 0.3) is 11.8 Å². The lowest BCUT2D eigenvalue weighted by Crippen LogP contribution is -2.52. The second-order valence-electron chi connectivity index (χ2n) is 6.76. The monoisotopic (exact) mass is 385 g/mol. The van der Waals surface area contributed by atoms with Gasteiger partial charge in [-0.25, -0.2) is 4.39 Å². The molecule has 0 aromatic heterocycles. The highest BCUT2D eigenvalue weighted by Crippen LogP contribution is 2.30. The normalized spacial score (nSPS) is 18.4. The summed E-state index contributed by atoms with van der Waals surface area (Å²) in [6, 6.07) is 12.7. The first-order valence-electron chi connectivity index (χ1n) is 8.69. The predicted octanol–water partition coefficient (Wildman–Crippen LogP) is 3.03. The number of nitrogens with zero attached hydrogens (tertiary/aromatic N) is 2. The largest absolute Gasteiger partial charge is 0.338 e. The Balaban J connectivity index is 1.50. The van der Waals surface area contributed by atoms with Gasteiger partial charge >= 0.3 is 0 Å². The van der Waals surface area contributed by atoms with Crippen LogP contribution in [0.2, 0.25) is 5.02 Å². The van der Waals surface area contributed by atoms with Gasteiger partial charge in [-0.2, -0.15) is 0 Å². The van der Waals surface area contributed by atoms with Crippen molar-refractivity contribution in [2.45, 2.75) is 18.5 Å². The molecule has 2 aromatic rings. The van der Waals surface area contributed by atoms with Gasteiger partial charge in [-0.3, -0.25) is 14.6 Å². The molecule has 1 saturated heterocycles. The van der Waals surface area contributed by atoms with E-state index >= 15 is 0 Å². The summed E-state index contributed by atoms with van der Waals surface area (Å²) in [5.74, 6) is -0.886. The van der Waals surface area contributed by atoms with Crippen LogP contribution in [0.25, 0.3) is 0 Å². The second-order valence-corrected chi connectivity index (χ2v) is 7.20. The molecule has 0 saturated carbocycles. The zero-order chi connectivity index (χ0) is 19.0. The maximum Gasteiger partial charge on any atom is 0.272 e. The molecule has 0 unspecified atom stereocenters. The number of hydrogen-bond acceptors (Lipinski definition) is 3. The Morgan fingerprint density at radius 1 is 1.15 bits per heavy atom. The number of carbonyl (C=O) groups excluding carboxylic acids is 2. The van der Waals surface area contributed by atoms with Gasteiger partial charge in [0.15, 0.2) is 0 Å². The maximum absolute atomic E-state index is 13.4. The molecule has 2 aliphatic rings. The number of piperidine rings is 1. The standard InChI is InChI=1S/C20H17ClFN3O2/c21-15-5-1-3-13(11-15)17-18(26)24-20(23-17)7-9-25(10-8-20)19(27)14-4-2-6-16(22)12-14/h1-6,11-12H,7-10H2,(H,24,26). The third-order valence-electron chi connectivity index (χ3n) is 4.93. The molecule has 27 heavy (non-hydrogen) atoms. The lowest BCUT2D eigenvalue weighted by molar-refractivity contribution is -0.115. The minimum atomic E-state index is -0.701. The van der Waals surface area contributed by atoms with Crippen LogP contribution in [0.4, 0.5) is 4.39 Å². The highest BCUT2D eigenvalue weighted by Gasteiger charge is 2.43. The number of rotatable bonds is 2. The molecule has 1 fully saturated rings. The zero-order valence-corrected chi connectivity index (χ0v) is 15.2. The lowest BCUT2D eigenvalue weighted by Gasteiger charge is -2.37. The Hall–Kier alpha value is -2.73. The number of hydrogen-bond donors (Lipinski definition) is 1. The van der Waals surface area contributed by atoms with Gasteiger partial charge in [-0.05, 0) is 30.3 Å². The summed E-state index contributed by atoms with van der Waals surface area (Å²) in [7, 11) is 0. The summed E-state index contributed by atoms with van der Waals surface area (Å²) < 4.78 is 13.4. The van der Waals surface area contributed by atoms with Crippen molar-refractivity contribution in [3.05, 3.63) is 70.5 Å². The van der Waals surface area contributed by atoms with E-state index in [1.54, 1.807) is 35.2 Å². The van der Waals surface area contributed by atoms with Crippen molar-refractivity contribution < 1.29 is 14.0 Å². The highest BCUT2D eigenvalue weighted by molar-refractivity contribution is 6.47. The van der Waals surface area contributed by atoms with Gasteiger partial charge in [0.05, 0.1) is 0 Å². The minimum Gasteiger partial charge on any atom is -0.338 e. The van der Waals surface area contributed by atoms with Crippen LogP contribution in [0.5, 0.6) is 0 Å². The molecule has 1 N–H and O–H groups in total. The first-order chi connectivity index (χ1) is 13.0. The molecule has 2 amide bonds. The number of amides is 2. The Labute approximate surface area is 160 Å². The molecule has 1 spiro atoms. The van der Waals surface area contributed by atoms with Gasteiger partial charge in [0, 0.05) is 42.1 Å². The van der Waals surface area contributed by atoms with Gasteiger partial charge in [0.2, 0.25) is 0 Å². The first kappa shape index (κ1) is 17.7. The number of likely N-dealkylation sites (tertiary alicyclic amines) is 1. The van der Waals surface area contributed by atoms with E-state index in [9.17, 15) is 14.0 Å². The summed E-state index contributed by atoms with van der Waals surface area (Å²) in [5, 5.41) is 3.50. The van der Waals surface area contributed by atoms with Crippen LogP contribution in [0, 0.1) is 5.82 Å². The summed E-state index contributed by atoms with van der Waals surface area (Å²) in [4.78, 5) is 31.3. The zero-order valence-electron chi connectivity index (χ0n) is 14.4. The Bertz CT molecular complexity index is 952. The van der Waals surface area contributed by atoms with E-state index in [-0.39, 0.29) is 11.8 Å². The maximum atomic E-state index is 13.4. The molecular weight excluding hydrogens is 369 g/mol. The summed E-state index contributed by atoms with van der Waals surface area (Å²) >= 11 is 6.01. The van der Waals surface area contributed by atoms with E-state index in [0.717, 1.165) is 0 Å². The minimum absolute atomic E-state index is 0.215. The molecule has 2 aromatic carbocycles. The number of halogens is 2. The molecule has 0 aliphatic carbocycles. The lowest BCUT2D eigenvalue weighted by atomic mass is 9.97. The first-order valence-corrected chi connectivity index (χ1v) is 9.07. The van der Waals surface area contributed by atoms with Crippen molar-refractivity contribution in [1.82, 2.24) is 10.2 Å². The number of aliphatic imine (C=N–C) groups is 1. The Morgan fingerprint density at radius 3 is 2.59 bits per heavy atom. The van der Waals surface area contributed by atoms with Crippen LogP contribution in [-0.2, 0) is 4.79 Å². The molecule has 138 valence electrons. The third kappa shape index (κ3) is 3.45. The quantitative estimate of drug-likeness (QED) is 0.863. The number of benzene rings is 2. The van der Waals surface area contributed by atoms with Gasteiger partial charge < -0.3 is 10.2 Å². The SMILES string of the molecule is O=C1NC2(CCN(C(=O)c3cccc(F)c3)CC2)N=C1c1cccc(Cl)c1. The van der Waals surface area contributed by atoms with Crippen LogP contribution in [0.15, 0.2) is 53.5 Å². The average molecular weight is 386 g/mol. The van der Waals surface area contributed by atoms with Crippen LogP contribution in [0.3, 0.4) is 0 Å². The van der Waals surface area contributed by atoms with Crippen molar-refractivity contribution in [3.8, 4) is 0 Å². The summed E-state index contributed by atoms with van der Waals surface area (Å²) in [5.41, 5.74) is 0.662. The van der Waals surface area contributed by atoms with Crippen molar-refractivity contribution in [2.24, 2.45) is 4.99 Å². The van der Waals surface area contributed by atoms with Crippen LogP contribution in [-0.4, -0.2) is 41.2 Å². The van der Waals surface area contributed by atoms with Gasteiger partial charge in [-0.1, -0.05) is 29.8 Å². The molecule has 0 atom stereocenters. The van der Waals surface area contributed by atoms with E-state index in [1.165, 1.54) is 18.2 Å². The van der Waals surface area contributed by atoms with Crippen molar-refractivity contribution in [3.63, 3.8) is 0 Å². The fourth-order valence-electron chi connectivity index (χ4n) is 3.52. The van der Waals surface area contributed by atoms with E-state index < -0.39 is 11.5 Å². The smallest absolute Gasteiger partial charge is 0.272 e. The van der Waals surface area contributed by atoms with E-state index in [4.69, 9.17) is 11.6 Å². The molecule has 2 aliphatic heterocycles. The molecule has 0 radical (unpaired) electrons. The molecule has 2 heterocycles. The Morgan fingerprint density at radius 2 is 1.89 bits per heavy atom. The van der Waals surface area contributed by atoms with E-state index in [1.807, 2.05) is 0 Å². The van der Waals surface area contributed by atoms with Crippen molar-refractivity contribution >= 4 is 29.1 Å². The second kappa shape index (κ2) is 6.78. The van der Waals surface area contributed by atoms with Crippen LogP contribution < -0.4 is 5.32 Å². The van der Waals surface area contributed by atoms with Crippen molar-refractivity contribution in [1.29, 1.82) is 0 Å². The number of nitrogens with one attached hydrogen (secondary N) is 1. The fraction of sp³-hybridized carbons (Fsp3) is 0.250. The highest BCUT2D eigenvalue weighted by atomic mass is 35.5. The Kier molecular flexibility index (Phi) is 4.44. The third-order valence-corrected chi connectivity index (χ3v) is 5.17. The van der Waals surface area contributed by atoms with Gasteiger partial charge in [-0.15, -0.1) is 0 Å². The fourth-order valence-corrected chi connectivity index (χ4v) is 3.71. The van der Waals surface area contributed by atoms with E-state index in [2.05, 4.69) is 10.3 Å². The van der Waals surface area contributed by atoms with Gasteiger partial charge in [0.1, 0.15) is 17.2 Å². The molecule has 4 rings (SSSR count). The van der Waals surface area contributed by atoms with Crippen molar-refractivity contribution in [2.75, 3.05) is 13.1 Å². The topological polar surface area (TPSA) is 61.8 Å². The number of carbonyl (C=O) groups is 2. The molecular formula is C20H17ClFN3O2. The summed E-state index contributed by atoms with van der Waals surface area (Å²) in [6.07, 6.45) is 1.01. The molecule has 0 bridgehead atoms. The van der Waals surface area contributed by atoms with E-state index in [0.29, 0.717) is 47.8 Å². The van der Waals surface area contributed by atoms with Crippen LogP contribution in [0.1, 0.15) is 28.8 Å². The average Bonchev–Trinajstić information content (AvgIpc) is 2.98. The molecule has 7 heteroatoms.